The smallest absolute Gasteiger partial charge is 0.268 e. The van der Waals surface area contributed by atoms with Gasteiger partial charge in [0.1, 0.15) is 18.1 Å². The molecule has 0 spiro atoms. The van der Waals surface area contributed by atoms with Gasteiger partial charge in [-0.1, -0.05) is 18.2 Å². The molecular formula is C24H27FN4O5S. The van der Waals surface area contributed by atoms with E-state index in [1.165, 1.54) is 24.6 Å². The first-order valence-corrected chi connectivity index (χ1v) is 13.1. The van der Waals surface area contributed by atoms with Crippen LogP contribution in [0.2, 0.25) is 0 Å². The lowest BCUT2D eigenvalue weighted by Crippen LogP contribution is -2.46. The van der Waals surface area contributed by atoms with Gasteiger partial charge < -0.3 is 9.47 Å². The molecule has 1 aliphatic heterocycles. The second-order valence-corrected chi connectivity index (χ2v) is 10.8. The number of hydrogen-bond acceptors (Lipinski definition) is 9. The highest BCUT2D eigenvalue weighted by atomic mass is 32.2. The lowest BCUT2D eigenvalue weighted by molar-refractivity contribution is 0.0767. The molecule has 3 heterocycles. The SMILES string of the molecule is Cc1c(OC2CCN(CC(=O)c3ccccn3)CC2)ncnc1OC1C=CC=CC1(F)S(C)(=O)=O. The van der Waals surface area contributed by atoms with Crippen LogP contribution in [-0.4, -0.2) is 77.2 Å². The standard InChI is InChI=1S/C24H27FN4O5S/c1-17-22(27-16-28-23(17)34-21-8-3-5-11-24(21,25)35(2,31)32)33-18-9-13-29(14-10-18)15-20(30)19-7-4-6-12-26-19/h3-8,11-12,16,18,21H,9-10,13-15H2,1-2H3. The maximum Gasteiger partial charge on any atom is 0.268 e. The zero-order valence-corrected chi connectivity index (χ0v) is 20.3. The largest absolute Gasteiger partial charge is 0.474 e. The number of carbonyl (C=O) groups excluding carboxylic acids is 1. The van der Waals surface area contributed by atoms with Crippen molar-refractivity contribution < 1.29 is 27.1 Å². The molecule has 0 amide bonds. The van der Waals surface area contributed by atoms with E-state index in [9.17, 15) is 13.2 Å². The Labute approximate surface area is 203 Å². The number of piperidine rings is 1. The Morgan fingerprint density at radius 3 is 2.51 bits per heavy atom. The van der Waals surface area contributed by atoms with E-state index >= 15 is 4.39 Å². The number of likely N-dealkylation sites (tertiary alicyclic amines) is 1. The van der Waals surface area contributed by atoms with E-state index in [4.69, 9.17) is 9.47 Å². The van der Waals surface area contributed by atoms with Crippen LogP contribution in [0.5, 0.6) is 11.8 Å². The first kappa shape index (κ1) is 24.9. The molecule has 186 valence electrons. The van der Waals surface area contributed by atoms with Crippen LogP contribution in [0, 0.1) is 6.92 Å². The van der Waals surface area contributed by atoms with Gasteiger partial charge in [0, 0.05) is 25.5 Å². The van der Waals surface area contributed by atoms with Crippen LogP contribution < -0.4 is 9.47 Å². The number of rotatable bonds is 8. The van der Waals surface area contributed by atoms with Crippen molar-refractivity contribution in [1.82, 2.24) is 19.9 Å². The first-order chi connectivity index (χ1) is 16.7. The zero-order chi connectivity index (χ0) is 25.1. The molecule has 0 aromatic carbocycles. The normalized spacial score (nSPS) is 23.2. The quantitative estimate of drug-likeness (QED) is 0.503. The number of nitrogens with zero attached hydrogens (tertiary/aromatic N) is 4. The van der Waals surface area contributed by atoms with Gasteiger partial charge in [0.2, 0.25) is 11.8 Å². The third-order valence-electron chi connectivity index (χ3n) is 6.04. The van der Waals surface area contributed by atoms with Crippen molar-refractivity contribution in [2.45, 2.75) is 37.0 Å². The highest BCUT2D eigenvalue weighted by Gasteiger charge is 2.48. The predicted octanol–water partition coefficient (Wildman–Crippen LogP) is 2.49. The van der Waals surface area contributed by atoms with Crippen molar-refractivity contribution in [2.24, 2.45) is 0 Å². The van der Waals surface area contributed by atoms with E-state index in [1.54, 1.807) is 31.3 Å². The number of pyridine rings is 1. The van der Waals surface area contributed by atoms with Gasteiger partial charge in [0.15, 0.2) is 21.7 Å². The Bertz CT molecular complexity index is 1230. The van der Waals surface area contributed by atoms with Crippen molar-refractivity contribution in [1.29, 1.82) is 0 Å². The van der Waals surface area contributed by atoms with Crippen LogP contribution in [0.25, 0.3) is 0 Å². The van der Waals surface area contributed by atoms with Gasteiger partial charge in [-0.2, -0.15) is 0 Å². The van der Waals surface area contributed by atoms with Crippen LogP contribution in [-0.2, 0) is 9.84 Å². The lowest BCUT2D eigenvalue weighted by Gasteiger charge is -2.32. The number of ether oxygens (including phenoxy) is 2. The van der Waals surface area contributed by atoms with E-state index in [0.717, 1.165) is 12.3 Å². The second kappa shape index (κ2) is 10.2. The maximum absolute atomic E-state index is 15.3. The van der Waals surface area contributed by atoms with Crippen LogP contribution in [0.15, 0.2) is 55.0 Å². The summed E-state index contributed by atoms with van der Waals surface area (Å²) in [6, 6.07) is 5.27. The number of alkyl halides is 1. The summed E-state index contributed by atoms with van der Waals surface area (Å²) in [6.45, 7) is 3.32. The van der Waals surface area contributed by atoms with E-state index in [0.29, 0.717) is 43.7 Å². The molecule has 11 heteroatoms. The Balaban J connectivity index is 1.37. The number of hydrogen-bond donors (Lipinski definition) is 0. The number of sulfone groups is 1. The average molecular weight is 503 g/mol. The Morgan fingerprint density at radius 1 is 1.14 bits per heavy atom. The summed E-state index contributed by atoms with van der Waals surface area (Å²) < 4.78 is 51.2. The molecule has 1 fully saturated rings. The summed E-state index contributed by atoms with van der Waals surface area (Å²) in [6.07, 6.45) is 8.66. The van der Waals surface area contributed by atoms with E-state index < -0.39 is 20.9 Å². The Hall–Kier alpha value is -3.18. The zero-order valence-electron chi connectivity index (χ0n) is 19.5. The molecule has 2 atom stereocenters. The molecule has 2 aromatic rings. The van der Waals surface area contributed by atoms with Crippen LogP contribution in [0.3, 0.4) is 0 Å². The Morgan fingerprint density at radius 2 is 1.86 bits per heavy atom. The summed E-state index contributed by atoms with van der Waals surface area (Å²) in [4.78, 5) is 26.8. The third kappa shape index (κ3) is 5.57. The highest BCUT2D eigenvalue weighted by Crippen LogP contribution is 2.34. The fraction of sp³-hybridized carbons (Fsp3) is 0.417. The lowest BCUT2D eigenvalue weighted by atomic mass is 10.1. The van der Waals surface area contributed by atoms with Crippen molar-refractivity contribution in [3.8, 4) is 11.8 Å². The summed E-state index contributed by atoms with van der Waals surface area (Å²) in [5.41, 5.74) is 0.894. The molecule has 2 unspecified atom stereocenters. The molecule has 0 bridgehead atoms. The molecule has 0 N–H and O–H groups in total. The van der Waals surface area contributed by atoms with Crippen molar-refractivity contribution >= 4 is 15.6 Å². The molecular weight excluding hydrogens is 475 g/mol. The monoisotopic (exact) mass is 502 g/mol. The fourth-order valence-electron chi connectivity index (χ4n) is 3.96. The molecule has 2 aliphatic rings. The molecule has 4 rings (SSSR count). The average Bonchev–Trinajstić information content (AvgIpc) is 2.84. The Kier molecular flexibility index (Phi) is 7.27. The number of allylic oxidation sites excluding steroid dienone is 2. The minimum absolute atomic E-state index is 0.0250. The second-order valence-electron chi connectivity index (χ2n) is 8.59. The number of carbonyl (C=O) groups is 1. The molecule has 1 saturated heterocycles. The van der Waals surface area contributed by atoms with Gasteiger partial charge >= 0.3 is 0 Å². The molecule has 2 aromatic heterocycles. The van der Waals surface area contributed by atoms with Crippen LogP contribution in [0.4, 0.5) is 4.39 Å². The van der Waals surface area contributed by atoms with Crippen LogP contribution in [0.1, 0.15) is 28.9 Å². The molecule has 35 heavy (non-hydrogen) atoms. The first-order valence-electron chi connectivity index (χ1n) is 11.2. The topological polar surface area (TPSA) is 112 Å². The number of Topliss-reactive ketones (excluding diaryl/α,β-unsaturated/α-hetero) is 1. The minimum Gasteiger partial charge on any atom is -0.474 e. The predicted molar refractivity (Wildman–Crippen MR) is 127 cm³/mol. The van der Waals surface area contributed by atoms with Gasteiger partial charge in [-0.15, -0.1) is 0 Å². The summed E-state index contributed by atoms with van der Waals surface area (Å²) in [7, 11) is -4.11. The summed E-state index contributed by atoms with van der Waals surface area (Å²) in [5.74, 6) is 0.309. The fourth-order valence-corrected chi connectivity index (χ4v) is 4.84. The number of aromatic nitrogens is 3. The maximum atomic E-state index is 15.3. The molecule has 1 aliphatic carbocycles. The summed E-state index contributed by atoms with van der Waals surface area (Å²) in [5, 5.41) is -2.71. The van der Waals surface area contributed by atoms with E-state index in [1.807, 2.05) is 0 Å². The van der Waals surface area contributed by atoms with Crippen molar-refractivity contribution in [2.75, 3.05) is 25.9 Å². The van der Waals surface area contributed by atoms with E-state index in [2.05, 4.69) is 19.9 Å². The van der Waals surface area contributed by atoms with Gasteiger partial charge in [0.05, 0.1) is 12.1 Å². The number of halogens is 1. The van der Waals surface area contributed by atoms with Gasteiger partial charge in [-0.25, -0.2) is 22.8 Å². The van der Waals surface area contributed by atoms with Crippen LogP contribution >= 0.6 is 0 Å². The third-order valence-corrected chi connectivity index (χ3v) is 7.54. The van der Waals surface area contributed by atoms with Gasteiger partial charge in [-0.3, -0.25) is 14.7 Å². The van der Waals surface area contributed by atoms with Crippen molar-refractivity contribution in [3.05, 3.63) is 66.3 Å². The van der Waals surface area contributed by atoms with Gasteiger partial charge in [0.25, 0.3) is 5.00 Å². The van der Waals surface area contributed by atoms with Crippen molar-refractivity contribution in [3.63, 3.8) is 0 Å². The number of ketones is 1. The minimum atomic E-state index is -4.11. The highest BCUT2D eigenvalue weighted by molar-refractivity contribution is 7.92. The van der Waals surface area contributed by atoms with E-state index in [-0.39, 0.29) is 23.6 Å². The summed E-state index contributed by atoms with van der Waals surface area (Å²) >= 11 is 0. The molecule has 0 radical (unpaired) electrons. The molecule has 9 nitrogen and oxygen atoms in total. The van der Waals surface area contributed by atoms with Gasteiger partial charge in [-0.05, 0) is 44.1 Å². The molecule has 0 saturated carbocycles.